The van der Waals surface area contributed by atoms with Crippen molar-refractivity contribution in [2.45, 2.75) is 78.9 Å². The van der Waals surface area contributed by atoms with Crippen LogP contribution < -0.4 is 5.32 Å². The third-order valence-electron chi connectivity index (χ3n) is 3.78. The van der Waals surface area contributed by atoms with Gasteiger partial charge >= 0.3 is 0 Å². The predicted molar refractivity (Wildman–Crippen MR) is 74.0 cm³/mol. The first-order valence-electron chi connectivity index (χ1n) is 7.09. The molecule has 0 aliphatic carbocycles. The molecule has 0 fully saturated rings. The molecule has 0 saturated carbocycles. The van der Waals surface area contributed by atoms with E-state index in [2.05, 4.69) is 51.8 Å². The van der Waals surface area contributed by atoms with Crippen molar-refractivity contribution in [3.8, 4) is 0 Å². The van der Waals surface area contributed by atoms with Crippen LogP contribution in [0.15, 0.2) is 0 Å². The van der Waals surface area contributed by atoms with Gasteiger partial charge in [0, 0.05) is 24.7 Å². The molecule has 0 aromatic carbocycles. The van der Waals surface area contributed by atoms with E-state index in [0.29, 0.717) is 18.1 Å². The second kappa shape index (κ2) is 9.00. The van der Waals surface area contributed by atoms with Crippen molar-refractivity contribution in [2.24, 2.45) is 0 Å². The van der Waals surface area contributed by atoms with Crippen molar-refractivity contribution in [2.75, 3.05) is 13.1 Å². The fourth-order valence-corrected chi connectivity index (χ4v) is 2.32. The van der Waals surface area contributed by atoms with Gasteiger partial charge in [0.15, 0.2) is 0 Å². The van der Waals surface area contributed by atoms with E-state index in [0.717, 1.165) is 13.1 Å². The van der Waals surface area contributed by atoms with Crippen LogP contribution in [0.5, 0.6) is 0 Å². The molecule has 2 atom stereocenters. The van der Waals surface area contributed by atoms with Crippen LogP contribution >= 0.6 is 0 Å². The van der Waals surface area contributed by atoms with Gasteiger partial charge in [0.25, 0.3) is 0 Å². The highest BCUT2D eigenvalue weighted by Gasteiger charge is 2.17. The molecule has 0 amide bonds. The zero-order valence-corrected chi connectivity index (χ0v) is 12.2. The lowest BCUT2D eigenvalue weighted by Crippen LogP contribution is -2.46. The first-order valence-corrected chi connectivity index (χ1v) is 7.09. The maximum absolute atomic E-state index is 3.67. The average molecular weight is 228 g/mol. The number of nitrogens with one attached hydrogen (secondary N) is 1. The largest absolute Gasteiger partial charge is 0.312 e. The van der Waals surface area contributed by atoms with E-state index in [4.69, 9.17) is 0 Å². The van der Waals surface area contributed by atoms with Gasteiger partial charge in [-0.1, -0.05) is 27.7 Å². The van der Waals surface area contributed by atoms with E-state index >= 15 is 0 Å². The van der Waals surface area contributed by atoms with Crippen LogP contribution in [0.2, 0.25) is 0 Å². The van der Waals surface area contributed by atoms with Crippen LogP contribution in [0.4, 0.5) is 0 Å². The quantitative estimate of drug-likeness (QED) is 0.651. The summed E-state index contributed by atoms with van der Waals surface area (Å²) in [5.74, 6) is 0. The normalized spacial score (nSPS) is 15.8. The molecule has 1 N–H and O–H groups in total. The molecule has 0 heterocycles. The van der Waals surface area contributed by atoms with Gasteiger partial charge in [-0.15, -0.1) is 0 Å². The lowest BCUT2D eigenvalue weighted by molar-refractivity contribution is 0.152. The third-order valence-corrected chi connectivity index (χ3v) is 3.78. The highest BCUT2D eigenvalue weighted by Crippen LogP contribution is 2.08. The Morgan fingerprint density at radius 1 is 0.875 bits per heavy atom. The van der Waals surface area contributed by atoms with Crippen LogP contribution in [0.3, 0.4) is 0 Å². The molecule has 2 heteroatoms. The summed E-state index contributed by atoms with van der Waals surface area (Å²) in [5, 5.41) is 3.67. The molecule has 0 aliphatic rings. The van der Waals surface area contributed by atoms with E-state index in [-0.39, 0.29) is 0 Å². The Balaban J connectivity index is 4.05. The topological polar surface area (TPSA) is 15.3 Å². The van der Waals surface area contributed by atoms with Crippen LogP contribution in [0.1, 0.15) is 60.8 Å². The van der Waals surface area contributed by atoms with Gasteiger partial charge in [0.2, 0.25) is 0 Å². The van der Waals surface area contributed by atoms with E-state index in [1.165, 1.54) is 19.3 Å². The summed E-state index contributed by atoms with van der Waals surface area (Å²) >= 11 is 0. The van der Waals surface area contributed by atoms with Gasteiger partial charge in [-0.25, -0.2) is 0 Å². The standard InChI is InChI=1S/C14H32N2/c1-7-12(5)16(10-4)13(6)11-15-14(8-2)9-3/h12-15H,7-11H2,1-6H3. The summed E-state index contributed by atoms with van der Waals surface area (Å²) in [4.78, 5) is 2.59. The van der Waals surface area contributed by atoms with E-state index in [9.17, 15) is 0 Å². The van der Waals surface area contributed by atoms with Gasteiger partial charge in [0.05, 0.1) is 0 Å². The molecule has 2 nitrogen and oxygen atoms in total. The molecule has 0 aromatic heterocycles. The number of hydrogen-bond donors (Lipinski definition) is 1. The molecular formula is C14H32N2. The SMILES string of the molecule is CCC(CC)NCC(C)N(CC)C(C)CC. The van der Waals surface area contributed by atoms with E-state index in [1.807, 2.05) is 0 Å². The van der Waals surface area contributed by atoms with Crippen molar-refractivity contribution < 1.29 is 0 Å². The van der Waals surface area contributed by atoms with Crippen LogP contribution in [0.25, 0.3) is 0 Å². The first-order chi connectivity index (χ1) is 7.60. The third kappa shape index (κ3) is 5.31. The van der Waals surface area contributed by atoms with Crippen LogP contribution in [0, 0.1) is 0 Å². The second-order valence-corrected chi connectivity index (χ2v) is 4.86. The summed E-state index contributed by atoms with van der Waals surface area (Å²) in [6.45, 7) is 16.0. The molecular weight excluding hydrogens is 196 g/mol. The van der Waals surface area contributed by atoms with Crippen molar-refractivity contribution in [1.29, 1.82) is 0 Å². The molecule has 98 valence electrons. The van der Waals surface area contributed by atoms with Gasteiger partial charge < -0.3 is 5.32 Å². The Labute approximate surface area is 103 Å². The highest BCUT2D eigenvalue weighted by atomic mass is 15.2. The number of likely N-dealkylation sites (N-methyl/N-ethyl adjacent to an activating group) is 1. The fourth-order valence-electron chi connectivity index (χ4n) is 2.32. The van der Waals surface area contributed by atoms with Crippen LogP contribution in [-0.4, -0.2) is 36.1 Å². The molecule has 0 aliphatic heterocycles. The maximum Gasteiger partial charge on any atom is 0.0195 e. The highest BCUT2D eigenvalue weighted by molar-refractivity contribution is 4.75. The molecule has 16 heavy (non-hydrogen) atoms. The summed E-state index contributed by atoms with van der Waals surface area (Å²) in [6.07, 6.45) is 3.71. The van der Waals surface area contributed by atoms with Gasteiger partial charge in [-0.05, 0) is 39.7 Å². The van der Waals surface area contributed by atoms with Crippen molar-refractivity contribution in [3.05, 3.63) is 0 Å². The minimum atomic E-state index is 0.639. The summed E-state index contributed by atoms with van der Waals surface area (Å²) in [6, 6.07) is 2.03. The monoisotopic (exact) mass is 228 g/mol. The van der Waals surface area contributed by atoms with Crippen molar-refractivity contribution in [3.63, 3.8) is 0 Å². The molecule has 0 bridgehead atoms. The first kappa shape index (κ1) is 15.9. The zero-order chi connectivity index (χ0) is 12.6. The molecule has 2 unspecified atom stereocenters. The Morgan fingerprint density at radius 3 is 1.81 bits per heavy atom. The fraction of sp³-hybridized carbons (Fsp3) is 1.00. The summed E-state index contributed by atoms with van der Waals surface area (Å²) < 4.78 is 0. The molecule has 0 aromatic rings. The Bertz CT molecular complexity index is 155. The summed E-state index contributed by atoms with van der Waals surface area (Å²) in [7, 11) is 0. The second-order valence-electron chi connectivity index (χ2n) is 4.86. The summed E-state index contributed by atoms with van der Waals surface area (Å²) in [5.41, 5.74) is 0. The van der Waals surface area contributed by atoms with E-state index < -0.39 is 0 Å². The Morgan fingerprint density at radius 2 is 1.44 bits per heavy atom. The van der Waals surface area contributed by atoms with Gasteiger partial charge in [-0.2, -0.15) is 0 Å². The number of nitrogens with zero attached hydrogens (tertiary/aromatic N) is 1. The Kier molecular flexibility index (Phi) is 8.96. The maximum atomic E-state index is 3.67. The molecule has 0 saturated heterocycles. The molecule has 0 radical (unpaired) electrons. The lowest BCUT2D eigenvalue weighted by atomic mass is 10.1. The van der Waals surface area contributed by atoms with Gasteiger partial charge in [0.1, 0.15) is 0 Å². The van der Waals surface area contributed by atoms with Crippen molar-refractivity contribution >= 4 is 0 Å². The smallest absolute Gasteiger partial charge is 0.0195 e. The Hall–Kier alpha value is -0.0800. The van der Waals surface area contributed by atoms with E-state index in [1.54, 1.807) is 0 Å². The minimum absolute atomic E-state index is 0.639. The van der Waals surface area contributed by atoms with Gasteiger partial charge in [-0.3, -0.25) is 4.90 Å². The molecule has 0 rings (SSSR count). The predicted octanol–water partition coefficient (Wildman–Crippen LogP) is 3.27. The van der Waals surface area contributed by atoms with Crippen molar-refractivity contribution in [1.82, 2.24) is 10.2 Å². The molecule has 0 spiro atoms. The zero-order valence-electron chi connectivity index (χ0n) is 12.2. The number of rotatable bonds is 9. The number of hydrogen-bond acceptors (Lipinski definition) is 2. The van der Waals surface area contributed by atoms with Crippen LogP contribution in [-0.2, 0) is 0 Å². The minimum Gasteiger partial charge on any atom is -0.312 e. The average Bonchev–Trinajstić information content (AvgIpc) is 2.31. The lowest BCUT2D eigenvalue weighted by Gasteiger charge is -2.34.